The number of hydrogen-bond donors (Lipinski definition) is 2. The third-order valence-corrected chi connectivity index (χ3v) is 7.73. The molecular weight excluding hydrogens is 408 g/mol. The molecule has 0 fully saturated rings. The summed E-state index contributed by atoms with van der Waals surface area (Å²) in [6, 6.07) is 15.2. The van der Waals surface area contributed by atoms with Crippen molar-refractivity contribution >= 4 is 42.8 Å². The van der Waals surface area contributed by atoms with E-state index in [4.69, 9.17) is 4.74 Å². The Morgan fingerprint density at radius 3 is 2.15 bits per heavy atom. The maximum atomic E-state index is 12.8. The van der Waals surface area contributed by atoms with Crippen molar-refractivity contribution < 1.29 is 21.6 Å². The first kappa shape index (κ1) is 19.2. The minimum Gasteiger partial charge on any atom is -0.497 e. The molecule has 0 aliphatic carbocycles. The molecule has 0 spiro atoms. The van der Waals surface area contributed by atoms with E-state index in [1.165, 1.54) is 31.4 Å². The zero-order valence-corrected chi connectivity index (χ0v) is 16.6. The number of thiophene rings is 1. The summed E-state index contributed by atoms with van der Waals surface area (Å²) >= 11 is 1.04. The first-order valence-corrected chi connectivity index (χ1v) is 11.5. The van der Waals surface area contributed by atoms with Gasteiger partial charge in [-0.25, -0.2) is 16.8 Å². The fourth-order valence-corrected chi connectivity index (χ4v) is 5.63. The fourth-order valence-electron chi connectivity index (χ4n) is 2.27. The lowest BCUT2D eigenvalue weighted by atomic mass is 10.3. The summed E-state index contributed by atoms with van der Waals surface area (Å²) in [5, 5.41) is 1.63. The predicted octanol–water partition coefficient (Wildman–Crippen LogP) is 3.36. The molecule has 27 heavy (non-hydrogen) atoms. The normalized spacial score (nSPS) is 11.7. The van der Waals surface area contributed by atoms with Gasteiger partial charge in [0, 0.05) is 5.69 Å². The maximum absolute atomic E-state index is 12.8. The van der Waals surface area contributed by atoms with Crippen LogP contribution >= 0.6 is 11.3 Å². The number of ether oxygens (including phenoxy) is 1. The standard InChI is InChI=1S/C17H16N2O5S3/c1-24-14-10-8-13(9-11-14)18-26(20,21)16-6-3-2-5-15(16)19-27(22,23)17-7-4-12-25-17/h2-12,18-19H,1H3. The van der Waals surface area contributed by atoms with Crippen LogP contribution in [0.2, 0.25) is 0 Å². The lowest BCUT2D eigenvalue weighted by molar-refractivity contribution is 0.415. The predicted molar refractivity (Wildman–Crippen MR) is 105 cm³/mol. The quantitative estimate of drug-likeness (QED) is 0.606. The lowest BCUT2D eigenvalue weighted by Crippen LogP contribution is -2.18. The van der Waals surface area contributed by atoms with Gasteiger partial charge in [0.2, 0.25) is 0 Å². The third-order valence-electron chi connectivity index (χ3n) is 3.52. The van der Waals surface area contributed by atoms with Crippen LogP contribution in [0, 0.1) is 0 Å². The number of anilines is 2. The monoisotopic (exact) mass is 424 g/mol. The van der Waals surface area contributed by atoms with E-state index in [9.17, 15) is 16.8 Å². The number of para-hydroxylation sites is 1. The average Bonchev–Trinajstić information content (AvgIpc) is 3.18. The molecule has 0 bridgehead atoms. The zero-order chi connectivity index (χ0) is 19.5. The highest BCUT2D eigenvalue weighted by Gasteiger charge is 2.23. The van der Waals surface area contributed by atoms with Gasteiger partial charge in [0.25, 0.3) is 20.0 Å². The van der Waals surface area contributed by atoms with Crippen molar-refractivity contribution in [1.82, 2.24) is 0 Å². The van der Waals surface area contributed by atoms with Crippen LogP contribution in [-0.4, -0.2) is 23.9 Å². The minimum absolute atomic E-state index is 0.0353. The smallest absolute Gasteiger partial charge is 0.271 e. The molecule has 3 rings (SSSR count). The molecule has 10 heteroatoms. The molecule has 3 aromatic rings. The van der Waals surface area contributed by atoms with Crippen LogP contribution in [0.3, 0.4) is 0 Å². The summed E-state index contributed by atoms with van der Waals surface area (Å²) in [4.78, 5) is -0.180. The molecule has 0 unspecified atom stereocenters. The van der Waals surface area contributed by atoms with Crippen molar-refractivity contribution in [3.05, 3.63) is 66.0 Å². The van der Waals surface area contributed by atoms with E-state index in [1.54, 1.807) is 41.8 Å². The van der Waals surface area contributed by atoms with Gasteiger partial charge >= 0.3 is 0 Å². The number of rotatable bonds is 7. The van der Waals surface area contributed by atoms with Gasteiger partial charge in [0.15, 0.2) is 0 Å². The second-order valence-electron chi connectivity index (χ2n) is 5.37. The Balaban J connectivity index is 1.92. The van der Waals surface area contributed by atoms with Gasteiger partial charge in [-0.15, -0.1) is 11.3 Å². The lowest BCUT2D eigenvalue weighted by Gasteiger charge is -2.14. The van der Waals surface area contributed by atoms with Crippen molar-refractivity contribution in [3.63, 3.8) is 0 Å². The Hall–Kier alpha value is -2.56. The zero-order valence-electron chi connectivity index (χ0n) is 14.1. The Labute approximate surface area is 161 Å². The number of sulfonamides is 2. The van der Waals surface area contributed by atoms with E-state index in [-0.39, 0.29) is 14.8 Å². The van der Waals surface area contributed by atoms with Gasteiger partial charge in [-0.3, -0.25) is 9.44 Å². The van der Waals surface area contributed by atoms with Crippen LogP contribution < -0.4 is 14.2 Å². The van der Waals surface area contributed by atoms with Gasteiger partial charge < -0.3 is 4.74 Å². The molecule has 0 amide bonds. The molecule has 0 saturated carbocycles. The highest BCUT2D eigenvalue weighted by atomic mass is 32.2. The van der Waals surface area contributed by atoms with Gasteiger partial charge in [-0.05, 0) is 47.8 Å². The van der Waals surface area contributed by atoms with Crippen molar-refractivity contribution in [2.45, 2.75) is 9.10 Å². The molecule has 0 saturated heterocycles. The molecule has 1 heterocycles. The summed E-state index contributed by atoms with van der Waals surface area (Å²) in [6.07, 6.45) is 0. The summed E-state index contributed by atoms with van der Waals surface area (Å²) < 4.78 is 60.3. The van der Waals surface area contributed by atoms with E-state index >= 15 is 0 Å². The van der Waals surface area contributed by atoms with E-state index in [0.717, 1.165) is 11.3 Å². The third kappa shape index (κ3) is 4.41. The first-order chi connectivity index (χ1) is 12.8. The van der Waals surface area contributed by atoms with Crippen LogP contribution in [0.1, 0.15) is 0 Å². The molecule has 2 aromatic carbocycles. The van der Waals surface area contributed by atoms with Crippen LogP contribution in [-0.2, 0) is 20.0 Å². The number of hydrogen-bond acceptors (Lipinski definition) is 6. The highest BCUT2D eigenvalue weighted by Crippen LogP contribution is 2.27. The molecule has 0 aliphatic rings. The largest absolute Gasteiger partial charge is 0.497 e. The Kier molecular flexibility index (Phi) is 5.40. The number of benzene rings is 2. The summed E-state index contributed by atoms with van der Waals surface area (Å²) in [5.41, 5.74) is 0.290. The van der Waals surface area contributed by atoms with Gasteiger partial charge in [-0.2, -0.15) is 0 Å². The number of nitrogens with one attached hydrogen (secondary N) is 2. The molecule has 0 atom stereocenters. The average molecular weight is 425 g/mol. The molecule has 0 aliphatic heterocycles. The van der Waals surface area contributed by atoms with Gasteiger partial charge in [0.1, 0.15) is 14.9 Å². The second kappa shape index (κ2) is 7.59. The van der Waals surface area contributed by atoms with Crippen molar-refractivity contribution in [2.75, 3.05) is 16.6 Å². The topological polar surface area (TPSA) is 102 Å². The van der Waals surface area contributed by atoms with E-state index in [1.807, 2.05) is 0 Å². The van der Waals surface area contributed by atoms with Crippen LogP contribution in [0.5, 0.6) is 5.75 Å². The fraction of sp³-hybridized carbons (Fsp3) is 0.0588. The SMILES string of the molecule is COc1ccc(NS(=O)(=O)c2ccccc2NS(=O)(=O)c2cccs2)cc1. The Bertz CT molecular complexity index is 1120. The maximum Gasteiger partial charge on any atom is 0.271 e. The van der Waals surface area contributed by atoms with Crippen LogP contribution in [0.4, 0.5) is 11.4 Å². The summed E-state index contributed by atoms with van der Waals surface area (Å²) in [6.45, 7) is 0. The second-order valence-corrected chi connectivity index (χ2v) is 9.88. The molecule has 0 radical (unpaired) electrons. The highest BCUT2D eigenvalue weighted by molar-refractivity contribution is 7.95. The van der Waals surface area contributed by atoms with E-state index in [0.29, 0.717) is 11.4 Å². The molecule has 1 aromatic heterocycles. The van der Waals surface area contributed by atoms with Gasteiger partial charge in [0.05, 0.1) is 12.8 Å². The van der Waals surface area contributed by atoms with E-state index < -0.39 is 20.0 Å². The molecule has 142 valence electrons. The Morgan fingerprint density at radius 1 is 0.815 bits per heavy atom. The van der Waals surface area contributed by atoms with Crippen molar-refractivity contribution in [2.24, 2.45) is 0 Å². The number of methoxy groups -OCH3 is 1. The van der Waals surface area contributed by atoms with Crippen molar-refractivity contribution in [3.8, 4) is 5.75 Å². The molecular formula is C17H16N2O5S3. The minimum atomic E-state index is -4.02. The van der Waals surface area contributed by atoms with Crippen molar-refractivity contribution in [1.29, 1.82) is 0 Å². The summed E-state index contributed by atoms with van der Waals surface area (Å²) in [5.74, 6) is 0.585. The van der Waals surface area contributed by atoms with Gasteiger partial charge in [-0.1, -0.05) is 18.2 Å². The summed E-state index contributed by atoms with van der Waals surface area (Å²) in [7, 11) is -6.38. The Morgan fingerprint density at radius 2 is 1.52 bits per heavy atom. The van der Waals surface area contributed by atoms with E-state index in [2.05, 4.69) is 9.44 Å². The van der Waals surface area contributed by atoms with Crippen LogP contribution in [0.15, 0.2) is 75.1 Å². The first-order valence-electron chi connectivity index (χ1n) is 7.64. The van der Waals surface area contributed by atoms with Crippen LogP contribution in [0.25, 0.3) is 0 Å². The molecule has 7 nitrogen and oxygen atoms in total. The molecule has 2 N–H and O–H groups in total.